The van der Waals surface area contributed by atoms with E-state index in [1.54, 1.807) is 20.8 Å². The quantitative estimate of drug-likeness (QED) is 0.715. The van der Waals surface area contributed by atoms with Crippen LogP contribution >= 0.6 is 0 Å². The van der Waals surface area contributed by atoms with Crippen LogP contribution < -0.4 is 5.32 Å². The van der Waals surface area contributed by atoms with E-state index in [2.05, 4.69) is 5.32 Å². The highest BCUT2D eigenvalue weighted by atomic mass is 16.6. The van der Waals surface area contributed by atoms with Gasteiger partial charge in [-0.25, -0.2) is 4.79 Å². The van der Waals surface area contributed by atoms with E-state index in [1.807, 2.05) is 13.8 Å². The second-order valence-corrected chi connectivity index (χ2v) is 8.06. The SMILES string of the molecule is CC(C)NC(=O)[C@H](CO)N1CC2(CCCN2C(=O)OC(C)(C)C)C1=O. The number of nitrogens with one attached hydrogen (secondary N) is 1. The molecule has 1 spiro atoms. The highest BCUT2D eigenvalue weighted by molar-refractivity contribution is 5.99. The molecule has 0 aromatic heterocycles. The van der Waals surface area contributed by atoms with Crippen molar-refractivity contribution in [2.45, 2.75) is 70.7 Å². The predicted octanol–water partition coefficient (Wildman–Crippen LogP) is 0.484. The molecule has 8 heteroatoms. The molecule has 0 aromatic rings. The van der Waals surface area contributed by atoms with Crippen LogP contribution in [-0.4, -0.2) is 75.7 Å². The largest absolute Gasteiger partial charge is 0.444 e. The highest BCUT2D eigenvalue weighted by Crippen LogP contribution is 2.40. The molecule has 8 nitrogen and oxygen atoms in total. The topological polar surface area (TPSA) is 99.2 Å². The summed E-state index contributed by atoms with van der Waals surface area (Å²) in [6, 6.07) is -1.02. The summed E-state index contributed by atoms with van der Waals surface area (Å²) in [5.41, 5.74) is -1.58. The molecule has 2 atom stereocenters. The summed E-state index contributed by atoms with van der Waals surface area (Å²) in [6.07, 6.45) is 0.747. The molecular formula is C17H29N3O5. The summed E-state index contributed by atoms with van der Waals surface area (Å²) < 4.78 is 5.41. The molecule has 0 aliphatic carbocycles. The summed E-state index contributed by atoms with van der Waals surface area (Å²) >= 11 is 0. The lowest BCUT2D eigenvalue weighted by atomic mass is 9.84. The van der Waals surface area contributed by atoms with E-state index in [-0.39, 0.29) is 24.4 Å². The third-order valence-electron chi connectivity index (χ3n) is 4.48. The third-order valence-corrected chi connectivity index (χ3v) is 4.48. The van der Waals surface area contributed by atoms with Crippen LogP contribution in [0.15, 0.2) is 0 Å². The zero-order valence-corrected chi connectivity index (χ0v) is 15.7. The molecule has 2 aliphatic heterocycles. The molecule has 2 rings (SSSR count). The van der Waals surface area contributed by atoms with Gasteiger partial charge in [-0.15, -0.1) is 0 Å². The van der Waals surface area contributed by atoms with E-state index in [0.29, 0.717) is 19.4 Å². The first-order chi connectivity index (χ1) is 11.5. The van der Waals surface area contributed by atoms with Gasteiger partial charge < -0.3 is 20.1 Å². The van der Waals surface area contributed by atoms with E-state index >= 15 is 0 Å². The number of carbonyl (C=O) groups is 3. The lowest BCUT2D eigenvalue weighted by Gasteiger charge is -2.52. The van der Waals surface area contributed by atoms with E-state index in [4.69, 9.17) is 4.74 Å². The molecule has 2 heterocycles. The fourth-order valence-electron chi connectivity index (χ4n) is 3.40. The third kappa shape index (κ3) is 3.73. The number of hydrogen-bond acceptors (Lipinski definition) is 5. The van der Waals surface area contributed by atoms with Gasteiger partial charge in [0.05, 0.1) is 13.2 Å². The van der Waals surface area contributed by atoms with Gasteiger partial charge >= 0.3 is 6.09 Å². The summed E-state index contributed by atoms with van der Waals surface area (Å²) in [5, 5.41) is 12.3. The maximum Gasteiger partial charge on any atom is 0.411 e. The van der Waals surface area contributed by atoms with Crippen LogP contribution in [0.5, 0.6) is 0 Å². The Labute approximate surface area is 148 Å². The first-order valence-corrected chi connectivity index (χ1v) is 8.75. The van der Waals surface area contributed by atoms with Crippen molar-refractivity contribution in [1.29, 1.82) is 0 Å². The van der Waals surface area contributed by atoms with E-state index in [1.165, 1.54) is 9.80 Å². The van der Waals surface area contributed by atoms with Gasteiger partial charge in [-0.3, -0.25) is 14.5 Å². The molecule has 1 unspecified atom stereocenters. The Kier molecular flexibility index (Phi) is 5.32. The van der Waals surface area contributed by atoms with Crippen LogP contribution in [0.4, 0.5) is 4.79 Å². The van der Waals surface area contributed by atoms with Gasteiger partial charge in [0, 0.05) is 12.6 Å². The molecule has 0 radical (unpaired) electrons. The number of rotatable bonds is 4. The molecule has 3 amide bonds. The fraction of sp³-hybridized carbons (Fsp3) is 0.824. The van der Waals surface area contributed by atoms with Crippen molar-refractivity contribution in [1.82, 2.24) is 15.1 Å². The minimum Gasteiger partial charge on any atom is -0.444 e. The summed E-state index contributed by atoms with van der Waals surface area (Å²) in [5.74, 6) is -0.684. The van der Waals surface area contributed by atoms with Gasteiger partial charge in [0.15, 0.2) is 0 Å². The van der Waals surface area contributed by atoms with Crippen LogP contribution in [0.25, 0.3) is 0 Å². The number of β-lactam (4-membered cyclic amide) rings is 1. The van der Waals surface area contributed by atoms with Gasteiger partial charge in [0.2, 0.25) is 5.91 Å². The average molecular weight is 355 g/mol. The molecule has 2 aliphatic rings. The van der Waals surface area contributed by atoms with Crippen LogP contribution in [-0.2, 0) is 14.3 Å². The molecule has 0 bridgehead atoms. The average Bonchev–Trinajstić information content (AvgIpc) is 2.91. The smallest absolute Gasteiger partial charge is 0.411 e. The van der Waals surface area contributed by atoms with E-state index < -0.39 is 29.9 Å². The molecule has 2 fully saturated rings. The second kappa shape index (κ2) is 6.82. The zero-order chi connectivity index (χ0) is 19.0. The Morgan fingerprint density at radius 1 is 1.36 bits per heavy atom. The summed E-state index contributed by atoms with van der Waals surface area (Å²) in [4.78, 5) is 40.3. The predicted molar refractivity (Wildman–Crippen MR) is 90.8 cm³/mol. The molecule has 0 aromatic carbocycles. The van der Waals surface area contributed by atoms with Crippen LogP contribution in [0, 0.1) is 0 Å². The monoisotopic (exact) mass is 355 g/mol. The van der Waals surface area contributed by atoms with Gasteiger partial charge in [0.25, 0.3) is 5.91 Å². The van der Waals surface area contributed by atoms with Crippen LogP contribution in [0.3, 0.4) is 0 Å². The first kappa shape index (κ1) is 19.5. The molecule has 142 valence electrons. The zero-order valence-electron chi connectivity index (χ0n) is 15.7. The maximum absolute atomic E-state index is 12.8. The Morgan fingerprint density at radius 2 is 2.00 bits per heavy atom. The van der Waals surface area contributed by atoms with Gasteiger partial charge in [-0.2, -0.15) is 0 Å². The van der Waals surface area contributed by atoms with Crippen molar-refractivity contribution >= 4 is 17.9 Å². The lowest BCUT2D eigenvalue weighted by molar-refractivity contribution is -0.169. The molecule has 2 saturated heterocycles. The van der Waals surface area contributed by atoms with Crippen molar-refractivity contribution < 1.29 is 24.2 Å². The number of carbonyl (C=O) groups excluding carboxylic acids is 3. The first-order valence-electron chi connectivity index (χ1n) is 8.75. The van der Waals surface area contributed by atoms with Crippen LogP contribution in [0.2, 0.25) is 0 Å². The number of aliphatic hydroxyl groups excluding tert-OH is 1. The normalized spacial score (nSPS) is 24.5. The molecular weight excluding hydrogens is 326 g/mol. The Hall–Kier alpha value is -1.83. The van der Waals surface area contributed by atoms with Gasteiger partial charge in [-0.05, 0) is 47.5 Å². The lowest BCUT2D eigenvalue weighted by Crippen LogP contribution is -2.76. The number of hydrogen-bond donors (Lipinski definition) is 2. The number of likely N-dealkylation sites (tertiary alicyclic amines) is 2. The van der Waals surface area contributed by atoms with E-state index in [0.717, 1.165) is 0 Å². The number of nitrogens with zero attached hydrogens (tertiary/aromatic N) is 2. The van der Waals surface area contributed by atoms with Gasteiger partial charge in [0.1, 0.15) is 17.2 Å². The molecule has 0 saturated carbocycles. The Balaban J connectivity index is 2.10. The second-order valence-electron chi connectivity index (χ2n) is 8.06. The number of amides is 3. The van der Waals surface area contributed by atoms with Crippen molar-refractivity contribution in [3.8, 4) is 0 Å². The summed E-state index contributed by atoms with van der Waals surface area (Å²) in [7, 11) is 0. The summed E-state index contributed by atoms with van der Waals surface area (Å²) in [6.45, 7) is 9.20. The van der Waals surface area contributed by atoms with Crippen molar-refractivity contribution in [3.05, 3.63) is 0 Å². The van der Waals surface area contributed by atoms with Gasteiger partial charge in [-0.1, -0.05) is 0 Å². The maximum atomic E-state index is 12.8. The molecule has 25 heavy (non-hydrogen) atoms. The van der Waals surface area contributed by atoms with Crippen molar-refractivity contribution in [2.24, 2.45) is 0 Å². The van der Waals surface area contributed by atoms with Crippen molar-refractivity contribution in [3.63, 3.8) is 0 Å². The van der Waals surface area contributed by atoms with E-state index in [9.17, 15) is 19.5 Å². The number of ether oxygens (including phenoxy) is 1. The number of aliphatic hydroxyl groups is 1. The minimum atomic E-state index is -0.937. The van der Waals surface area contributed by atoms with Crippen LogP contribution in [0.1, 0.15) is 47.5 Å². The highest BCUT2D eigenvalue weighted by Gasteiger charge is 2.62. The molecule has 2 N–H and O–H groups in total. The van der Waals surface area contributed by atoms with Crippen molar-refractivity contribution in [2.75, 3.05) is 19.7 Å². The Morgan fingerprint density at radius 3 is 2.48 bits per heavy atom. The Bertz CT molecular complexity index is 557. The fourth-order valence-corrected chi connectivity index (χ4v) is 3.40. The minimum absolute atomic E-state index is 0.0865. The standard InChI is InChI=1S/C17H29N3O5/c1-11(2)18-13(22)12(9-21)19-10-17(14(19)23)7-6-8-20(17)15(24)25-16(3,4)5/h11-12,21H,6-10H2,1-5H3,(H,18,22)/t12-,17?/m0/s1.